The number of nitrogen functional groups attached to an aromatic ring is 1. The molecule has 1 fully saturated rings. The maximum atomic E-state index is 11.7. The van der Waals surface area contributed by atoms with Gasteiger partial charge in [0.15, 0.2) is 17.7 Å². The van der Waals surface area contributed by atoms with Gasteiger partial charge in [0.25, 0.3) is 0 Å². The number of fused-ring (bicyclic) bond motifs is 1. The van der Waals surface area contributed by atoms with Crippen molar-refractivity contribution in [2.24, 2.45) is 0 Å². The van der Waals surface area contributed by atoms with Gasteiger partial charge in [-0.25, -0.2) is 19.5 Å². The second-order valence-electron chi connectivity index (χ2n) is 5.27. The normalized spacial score (nSPS) is 29.8. The predicted molar refractivity (Wildman–Crippen MR) is 81.7 cm³/mol. The molecule has 11 nitrogen and oxygen atoms in total. The van der Waals surface area contributed by atoms with Gasteiger partial charge in [-0.2, -0.15) is 0 Å². The maximum Gasteiger partial charge on any atom is 0.472 e. The van der Waals surface area contributed by atoms with Crippen molar-refractivity contribution in [3.8, 4) is 0 Å². The molecule has 3 rings (SSSR count). The molecule has 4 N–H and O–H groups in total. The molecule has 2 aromatic rings. The third-order valence-corrected chi connectivity index (χ3v) is 4.83. The molecule has 24 heavy (non-hydrogen) atoms. The van der Waals surface area contributed by atoms with Crippen LogP contribution in [0.25, 0.3) is 11.2 Å². The monoisotopic (exact) mass is 359 g/mol. The molecule has 0 bridgehead atoms. The molecular weight excluding hydrogens is 341 g/mol. The molecule has 0 amide bonds. The van der Waals surface area contributed by atoms with Crippen LogP contribution in [0.15, 0.2) is 12.7 Å². The number of hydrogen-bond donors (Lipinski definition) is 3. The number of anilines is 1. The summed E-state index contributed by atoms with van der Waals surface area (Å²) in [5.41, 5.74) is 6.49. The van der Waals surface area contributed by atoms with Crippen LogP contribution in [0.1, 0.15) is 19.6 Å². The zero-order valence-electron chi connectivity index (χ0n) is 13.0. The first kappa shape index (κ1) is 17.2. The zero-order valence-corrected chi connectivity index (χ0v) is 13.9. The van der Waals surface area contributed by atoms with Crippen LogP contribution in [0.2, 0.25) is 0 Å². The molecule has 0 saturated carbocycles. The summed E-state index contributed by atoms with van der Waals surface area (Å²) >= 11 is 0. The average molecular weight is 359 g/mol. The number of phosphoric acid groups is 1. The standard InChI is InChI=1S/C12H18N5O6P/c1-3-6-9(23-24(19,20)21-2)8(18)12(22-6)17-5-16-7-10(13)14-4-15-11(7)17/h4-6,8-9,12,18H,3H2,1-2H3,(H,19,20)(H2,13,14,15)/t6-,8?,9?,12-/m1/s1. The smallest absolute Gasteiger partial charge is 0.386 e. The van der Waals surface area contributed by atoms with Gasteiger partial charge >= 0.3 is 7.82 Å². The van der Waals surface area contributed by atoms with Crippen LogP contribution in [0, 0.1) is 0 Å². The van der Waals surface area contributed by atoms with Crippen LogP contribution in [0.3, 0.4) is 0 Å². The highest BCUT2D eigenvalue weighted by molar-refractivity contribution is 7.47. The van der Waals surface area contributed by atoms with Crippen molar-refractivity contribution in [2.45, 2.75) is 37.9 Å². The van der Waals surface area contributed by atoms with Gasteiger partial charge in [-0.3, -0.25) is 13.6 Å². The summed E-state index contributed by atoms with van der Waals surface area (Å²) < 4.78 is 28.4. The Kier molecular flexibility index (Phi) is 4.56. The van der Waals surface area contributed by atoms with Gasteiger partial charge in [0.05, 0.1) is 12.4 Å². The Morgan fingerprint density at radius 2 is 2.21 bits per heavy atom. The number of ether oxygens (including phenoxy) is 1. The van der Waals surface area contributed by atoms with Gasteiger partial charge in [-0.05, 0) is 6.42 Å². The van der Waals surface area contributed by atoms with Crippen LogP contribution in [0.5, 0.6) is 0 Å². The summed E-state index contributed by atoms with van der Waals surface area (Å²) in [6.45, 7) is 1.80. The van der Waals surface area contributed by atoms with E-state index in [1.165, 1.54) is 17.2 Å². The van der Waals surface area contributed by atoms with Crippen LogP contribution in [-0.2, 0) is 18.3 Å². The highest BCUT2D eigenvalue weighted by Gasteiger charge is 2.48. The largest absolute Gasteiger partial charge is 0.472 e. The Morgan fingerprint density at radius 3 is 2.88 bits per heavy atom. The summed E-state index contributed by atoms with van der Waals surface area (Å²) in [6.07, 6.45) is -0.672. The van der Waals surface area contributed by atoms with E-state index in [0.717, 1.165) is 7.11 Å². The SMILES string of the molecule is CC[C@H]1O[C@@H](n2cnc3c(N)ncnc32)C(O)C1OP(=O)(O)OC. The minimum atomic E-state index is -4.28. The van der Waals surface area contributed by atoms with Crippen molar-refractivity contribution < 1.29 is 28.3 Å². The van der Waals surface area contributed by atoms with E-state index in [2.05, 4.69) is 19.5 Å². The van der Waals surface area contributed by atoms with Gasteiger partial charge in [0.1, 0.15) is 24.1 Å². The predicted octanol–water partition coefficient (Wildman–Crippen LogP) is 0.209. The Morgan fingerprint density at radius 1 is 1.46 bits per heavy atom. The minimum Gasteiger partial charge on any atom is -0.386 e. The first-order valence-electron chi connectivity index (χ1n) is 7.21. The number of rotatable bonds is 5. The van der Waals surface area contributed by atoms with E-state index in [-0.39, 0.29) is 5.82 Å². The number of nitrogens with two attached hydrogens (primary N) is 1. The van der Waals surface area contributed by atoms with Gasteiger partial charge in [0.2, 0.25) is 0 Å². The topological polar surface area (TPSA) is 155 Å². The van der Waals surface area contributed by atoms with Crippen LogP contribution < -0.4 is 5.73 Å². The van der Waals surface area contributed by atoms with E-state index in [9.17, 15) is 14.6 Å². The third kappa shape index (κ3) is 2.90. The number of hydrogen-bond acceptors (Lipinski definition) is 9. The number of aliphatic hydroxyl groups excluding tert-OH is 1. The molecule has 0 radical (unpaired) electrons. The van der Waals surface area contributed by atoms with Gasteiger partial charge in [-0.15, -0.1) is 0 Å². The second-order valence-corrected chi connectivity index (χ2v) is 6.78. The molecule has 1 saturated heterocycles. The molecule has 132 valence electrons. The quantitative estimate of drug-likeness (QED) is 0.631. The van der Waals surface area contributed by atoms with Gasteiger partial charge in [-0.1, -0.05) is 6.92 Å². The fourth-order valence-corrected chi connectivity index (χ4v) is 3.32. The Labute approximate surface area is 137 Å². The molecule has 3 heterocycles. The van der Waals surface area contributed by atoms with Gasteiger partial charge in [0, 0.05) is 7.11 Å². The fourth-order valence-electron chi connectivity index (χ4n) is 2.66. The van der Waals surface area contributed by atoms with Gasteiger partial charge < -0.3 is 20.5 Å². The number of nitrogens with zero attached hydrogens (tertiary/aromatic N) is 4. The molecule has 3 unspecified atom stereocenters. The lowest BCUT2D eigenvalue weighted by atomic mass is 10.1. The molecular formula is C12H18N5O6P. The van der Waals surface area contributed by atoms with E-state index < -0.39 is 32.4 Å². The van der Waals surface area contributed by atoms with Crippen molar-refractivity contribution in [1.29, 1.82) is 0 Å². The van der Waals surface area contributed by atoms with E-state index in [1.807, 2.05) is 0 Å². The van der Waals surface area contributed by atoms with Crippen molar-refractivity contribution in [3.63, 3.8) is 0 Å². The highest BCUT2D eigenvalue weighted by atomic mass is 31.2. The first-order chi connectivity index (χ1) is 11.4. The molecule has 2 aromatic heterocycles. The van der Waals surface area contributed by atoms with Crippen LogP contribution >= 0.6 is 7.82 Å². The summed E-state index contributed by atoms with van der Waals surface area (Å²) in [4.78, 5) is 21.6. The van der Waals surface area contributed by atoms with Crippen molar-refractivity contribution in [2.75, 3.05) is 12.8 Å². The Bertz CT molecular complexity index is 784. The third-order valence-electron chi connectivity index (χ3n) is 3.86. The van der Waals surface area contributed by atoms with Crippen molar-refractivity contribution in [1.82, 2.24) is 19.5 Å². The number of imidazole rings is 1. The Balaban J connectivity index is 1.94. The van der Waals surface area contributed by atoms with Crippen molar-refractivity contribution in [3.05, 3.63) is 12.7 Å². The summed E-state index contributed by atoms with van der Waals surface area (Å²) in [5.74, 6) is 0.199. The molecule has 12 heteroatoms. The van der Waals surface area contributed by atoms with E-state index >= 15 is 0 Å². The minimum absolute atomic E-state index is 0.199. The van der Waals surface area contributed by atoms with E-state index in [4.69, 9.17) is 15.0 Å². The first-order valence-corrected chi connectivity index (χ1v) is 8.71. The van der Waals surface area contributed by atoms with E-state index in [0.29, 0.717) is 17.6 Å². The molecule has 1 aliphatic rings. The summed E-state index contributed by atoms with van der Waals surface area (Å²) in [7, 11) is -3.23. The molecule has 5 atom stereocenters. The Hall–Kier alpha value is -1.62. The van der Waals surface area contributed by atoms with Crippen LogP contribution in [0.4, 0.5) is 5.82 Å². The van der Waals surface area contributed by atoms with Crippen molar-refractivity contribution >= 4 is 24.8 Å². The molecule has 0 spiro atoms. The van der Waals surface area contributed by atoms with E-state index in [1.54, 1.807) is 6.92 Å². The maximum absolute atomic E-state index is 11.7. The fraction of sp³-hybridized carbons (Fsp3) is 0.583. The average Bonchev–Trinajstić information content (AvgIpc) is 3.10. The summed E-state index contributed by atoms with van der Waals surface area (Å²) in [6, 6.07) is 0. The molecule has 0 aromatic carbocycles. The highest BCUT2D eigenvalue weighted by Crippen LogP contribution is 2.48. The molecule has 0 aliphatic carbocycles. The lowest BCUT2D eigenvalue weighted by Crippen LogP contribution is -2.33. The second kappa shape index (κ2) is 6.36. The number of aliphatic hydroxyl groups is 1. The number of phosphoric ester groups is 1. The lowest BCUT2D eigenvalue weighted by molar-refractivity contribution is -0.0355. The van der Waals surface area contributed by atoms with Crippen LogP contribution in [-0.4, -0.2) is 54.9 Å². The lowest BCUT2D eigenvalue weighted by Gasteiger charge is -2.21. The molecule has 1 aliphatic heterocycles. The number of aromatic nitrogens is 4. The summed E-state index contributed by atoms with van der Waals surface area (Å²) in [5, 5.41) is 10.5. The zero-order chi connectivity index (χ0) is 17.5.